The van der Waals surface area contributed by atoms with Crippen molar-refractivity contribution in [3.63, 3.8) is 0 Å². The zero-order valence-corrected chi connectivity index (χ0v) is 17.7. The van der Waals surface area contributed by atoms with Gasteiger partial charge in [-0.05, 0) is 53.2 Å². The fourth-order valence-corrected chi connectivity index (χ4v) is 5.23. The lowest BCUT2D eigenvalue weighted by atomic mass is 9.65. The topological polar surface area (TPSA) is 49.4 Å². The molecule has 2 unspecified atom stereocenters. The number of likely N-dealkylation sites (tertiary alicyclic amines) is 1. The molecule has 2 fully saturated rings. The van der Waals surface area contributed by atoms with Crippen LogP contribution in [0.1, 0.15) is 76.7 Å². The third kappa shape index (κ3) is 4.36. The summed E-state index contributed by atoms with van der Waals surface area (Å²) in [6.45, 7) is 14.2. The molecule has 2 bridgehead atoms. The Balaban J connectivity index is 1.59. The van der Waals surface area contributed by atoms with Gasteiger partial charge in [0.1, 0.15) is 0 Å². The lowest BCUT2D eigenvalue weighted by molar-refractivity contribution is -0.131. The summed E-state index contributed by atoms with van der Waals surface area (Å²) in [5, 5.41) is 2.82. The summed E-state index contributed by atoms with van der Waals surface area (Å²) in [6, 6.07) is 7.97. The van der Waals surface area contributed by atoms with Crippen molar-refractivity contribution in [1.29, 1.82) is 0 Å². The number of carbonyl (C=O) groups is 2. The number of nitrogens with zero attached hydrogens (tertiary/aromatic N) is 1. The molecule has 1 aromatic rings. The van der Waals surface area contributed by atoms with E-state index in [0.29, 0.717) is 11.6 Å². The van der Waals surface area contributed by atoms with Gasteiger partial charge in [0.25, 0.3) is 5.91 Å². The second kappa shape index (κ2) is 6.65. The Bertz CT molecular complexity index is 730. The smallest absolute Gasteiger partial charge is 0.251 e. The normalized spacial score (nSPS) is 26.7. The van der Waals surface area contributed by atoms with Crippen molar-refractivity contribution < 1.29 is 9.59 Å². The van der Waals surface area contributed by atoms with Crippen molar-refractivity contribution in [2.24, 2.45) is 10.8 Å². The van der Waals surface area contributed by atoms with Gasteiger partial charge in [0.05, 0.1) is 6.54 Å². The van der Waals surface area contributed by atoms with E-state index in [4.69, 9.17) is 0 Å². The van der Waals surface area contributed by atoms with E-state index in [1.807, 2.05) is 29.2 Å². The number of amides is 2. The van der Waals surface area contributed by atoms with Gasteiger partial charge in [-0.15, -0.1) is 0 Å². The molecule has 2 amide bonds. The molecule has 0 aromatic heterocycles. The van der Waals surface area contributed by atoms with Crippen LogP contribution in [0, 0.1) is 10.8 Å². The fraction of sp³-hybridized carbons (Fsp3) is 0.652. The van der Waals surface area contributed by atoms with Crippen molar-refractivity contribution in [3.05, 3.63) is 35.4 Å². The first-order valence-electron chi connectivity index (χ1n) is 10.1. The van der Waals surface area contributed by atoms with Gasteiger partial charge in [-0.1, -0.05) is 53.7 Å². The van der Waals surface area contributed by atoms with Crippen LogP contribution < -0.4 is 5.32 Å². The number of hydrogen-bond donors (Lipinski definition) is 1. The Hall–Kier alpha value is -1.84. The predicted molar refractivity (Wildman–Crippen MR) is 109 cm³/mol. The Labute approximate surface area is 163 Å². The van der Waals surface area contributed by atoms with E-state index in [-0.39, 0.29) is 34.6 Å². The molecule has 4 nitrogen and oxygen atoms in total. The number of nitrogens with one attached hydrogen (secondary N) is 1. The van der Waals surface area contributed by atoms with Gasteiger partial charge >= 0.3 is 0 Å². The molecule has 4 heteroatoms. The molecule has 1 heterocycles. The second-order valence-corrected chi connectivity index (χ2v) is 10.7. The first kappa shape index (κ1) is 19.9. The molecule has 0 radical (unpaired) electrons. The highest BCUT2D eigenvalue weighted by atomic mass is 16.2. The van der Waals surface area contributed by atoms with Crippen molar-refractivity contribution >= 4 is 11.8 Å². The maximum Gasteiger partial charge on any atom is 0.251 e. The second-order valence-electron chi connectivity index (χ2n) is 10.7. The first-order valence-corrected chi connectivity index (χ1v) is 10.1. The van der Waals surface area contributed by atoms with Gasteiger partial charge in [0.15, 0.2) is 0 Å². The summed E-state index contributed by atoms with van der Waals surface area (Å²) in [7, 11) is 0. The summed E-state index contributed by atoms with van der Waals surface area (Å²) in [6.07, 6.45) is 3.30. The molecular weight excluding hydrogens is 336 g/mol. The summed E-state index contributed by atoms with van der Waals surface area (Å²) >= 11 is 0. The van der Waals surface area contributed by atoms with E-state index < -0.39 is 0 Å². The van der Waals surface area contributed by atoms with E-state index in [0.717, 1.165) is 25.8 Å². The van der Waals surface area contributed by atoms with Crippen LogP contribution in [0.4, 0.5) is 0 Å². The third-order valence-electron chi connectivity index (χ3n) is 6.15. The third-order valence-corrected chi connectivity index (χ3v) is 6.15. The minimum absolute atomic E-state index is 0.0427. The maximum absolute atomic E-state index is 12.8. The Morgan fingerprint density at radius 3 is 2.33 bits per heavy atom. The van der Waals surface area contributed by atoms with Gasteiger partial charge in [-0.3, -0.25) is 9.59 Å². The Morgan fingerprint density at radius 2 is 1.74 bits per heavy atom. The van der Waals surface area contributed by atoms with Crippen LogP contribution in [0.3, 0.4) is 0 Å². The van der Waals surface area contributed by atoms with Gasteiger partial charge in [-0.25, -0.2) is 0 Å². The van der Waals surface area contributed by atoms with Crippen LogP contribution in [0.15, 0.2) is 24.3 Å². The minimum Gasteiger partial charge on any atom is -0.343 e. The lowest BCUT2D eigenvalue weighted by Crippen LogP contribution is -2.43. The summed E-state index contributed by atoms with van der Waals surface area (Å²) < 4.78 is 0. The Kier molecular flexibility index (Phi) is 4.90. The summed E-state index contributed by atoms with van der Waals surface area (Å²) in [5.41, 5.74) is 2.35. The zero-order valence-electron chi connectivity index (χ0n) is 17.7. The van der Waals surface area contributed by atoms with Crippen molar-refractivity contribution in [2.45, 2.75) is 72.3 Å². The maximum atomic E-state index is 12.8. The standard InChI is InChI=1S/C23H34N2O2/c1-21(2,3)17-9-7-16(8-10-17)20(27)24-13-19(26)25-15-23(6)12-18(25)11-22(4,5)14-23/h7-10,18H,11-15H2,1-6H3,(H,24,27). The van der Waals surface area contributed by atoms with E-state index >= 15 is 0 Å². The van der Waals surface area contributed by atoms with Gasteiger partial charge in [0, 0.05) is 18.2 Å². The molecule has 1 saturated carbocycles. The van der Waals surface area contributed by atoms with E-state index in [9.17, 15) is 9.59 Å². The van der Waals surface area contributed by atoms with Crippen molar-refractivity contribution in [3.8, 4) is 0 Å². The van der Waals surface area contributed by atoms with E-state index in [1.54, 1.807) is 0 Å². The molecule has 148 valence electrons. The van der Waals surface area contributed by atoms with Crippen LogP contribution in [0.2, 0.25) is 0 Å². The van der Waals surface area contributed by atoms with Gasteiger partial charge < -0.3 is 10.2 Å². The van der Waals surface area contributed by atoms with Crippen molar-refractivity contribution in [1.82, 2.24) is 10.2 Å². The molecule has 2 aliphatic rings. The minimum atomic E-state index is -0.183. The SMILES string of the molecule is CC1(C)CC2CC(C)(CN2C(=O)CNC(=O)c2ccc(C(C)(C)C)cc2)C1. The quantitative estimate of drug-likeness (QED) is 0.869. The molecule has 3 rings (SSSR count). The number of hydrogen-bond acceptors (Lipinski definition) is 2. The van der Waals surface area contributed by atoms with Gasteiger partial charge in [0.2, 0.25) is 5.91 Å². The molecule has 0 spiro atoms. The van der Waals surface area contributed by atoms with Crippen LogP contribution in [-0.4, -0.2) is 35.8 Å². The molecule has 1 aliphatic carbocycles. The van der Waals surface area contributed by atoms with Crippen LogP contribution in [0.5, 0.6) is 0 Å². The molecule has 1 aliphatic heterocycles. The molecule has 1 aromatic carbocycles. The van der Waals surface area contributed by atoms with Crippen LogP contribution in [-0.2, 0) is 10.2 Å². The Morgan fingerprint density at radius 1 is 1.11 bits per heavy atom. The molecule has 1 saturated heterocycles. The summed E-state index contributed by atoms with van der Waals surface area (Å²) in [5.74, 6) is -0.140. The lowest BCUT2D eigenvalue weighted by Gasteiger charge is -2.39. The predicted octanol–water partition coefficient (Wildman–Crippen LogP) is 4.14. The highest BCUT2D eigenvalue weighted by molar-refractivity contribution is 5.96. The average molecular weight is 371 g/mol. The highest BCUT2D eigenvalue weighted by Crippen LogP contribution is 2.52. The molecule has 27 heavy (non-hydrogen) atoms. The number of rotatable bonds is 3. The van der Waals surface area contributed by atoms with Gasteiger partial charge in [-0.2, -0.15) is 0 Å². The first-order chi connectivity index (χ1) is 12.4. The summed E-state index contributed by atoms with van der Waals surface area (Å²) in [4.78, 5) is 27.2. The number of benzene rings is 1. The molecular formula is C23H34N2O2. The van der Waals surface area contributed by atoms with E-state index in [1.165, 1.54) is 5.56 Å². The average Bonchev–Trinajstić information content (AvgIpc) is 2.80. The fourth-order valence-electron chi connectivity index (χ4n) is 5.23. The molecule has 2 atom stereocenters. The highest BCUT2D eigenvalue weighted by Gasteiger charge is 2.50. The van der Waals surface area contributed by atoms with Crippen LogP contribution >= 0.6 is 0 Å². The van der Waals surface area contributed by atoms with Crippen LogP contribution in [0.25, 0.3) is 0 Å². The molecule has 1 N–H and O–H groups in total. The largest absolute Gasteiger partial charge is 0.343 e. The van der Waals surface area contributed by atoms with E-state index in [2.05, 4.69) is 46.9 Å². The van der Waals surface area contributed by atoms with Crippen molar-refractivity contribution in [2.75, 3.05) is 13.1 Å². The monoisotopic (exact) mass is 370 g/mol. The number of fused-ring (bicyclic) bond motifs is 2. The zero-order chi connectivity index (χ0) is 20.0. The number of carbonyl (C=O) groups excluding carboxylic acids is 2.